The van der Waals surface area contributed by atoms with Gasteiger partial charge in [-0.15, -0.1) is 0 Å². The number of ether oxygens (including phenoxy) is 1. The molecule has 0 aliphatic carbocycles. The second-order valence-corrected chi connectivity index (χ2v) is 7.04. The minimum absolute atomic E-state index is 0.274. The van der Waals surface area contributed by atoms with Crippen LogP contribution in [0.3, 0.4) is 0 Å². The van der Waals surface area contributed by atoms with Crippen molar-refractivity contribution in [1.29, 1.82) is 0 Å². The van der Waals surface area contributed by atoms with Crippen LogP contribution in [0.1, 0.15) is 5.76 Å². The van der Waals surface area contributed by atoms with E-state index in [1.54, 1.807) is 25.4 Å². The van der Waals surface area contributed by atoms with Crippen LogP contribution in [0, 0.1) is 0 Å². The molecule has 0 atom stereocenters. The van der Waals surface area contributed by atoms with Gasteiger partial charge < -0.3 is 19.8 Å². The van der Waals surface area contributed by atoms with E-state index in [-0.39, 0.29) is 4.90 Å². The second-order valence-electron chi connectivity index (χ2n) is 5.02. The van der Waals surface area contributed by atoms with Gasteiger partial charge in [-0.1, -0.05) is 0 Å². The molecule has 1 heterocycles. The highest BCUT2D eigenvalue weighted by Crippen LogP contribution is 2.15. The Labute approximate surface area is 141 Å². The number of sulfone groups is 1. The summed E-state index contributed by atoms with van der Waals surface area (Å²) >= 11 is 0. The third kappa shape index (κ3) is 5.62. The van der Waals surface area contributed by atoms with E-state index < -0.39 is 9.84 Å². The van der Waals surface area contributed by atoms with E-state index in [1.165, 1.54) is 18.4 Å². The molecule has 1 aromatic heterocycles. The number of nitrogens with zero attached hydrogens (tertiary/aromatic N) is 1. The smallest absolute Gasteiger partial charge is 0.191 e. The van der Waals surface area contributed by atoms with Crippen molar-refractivity contribution in [2.24, 2.45) is 4.99 Å². The van der Waals surface area contributed by atoms with E-state index in [1.807, 2.05) is 12.1 Å². The average molecular weight is 351 g/mol. The van der Waals surface area contributed by atoms with Crippen molar-refractivity contribution in [3.05, 3.63) is 48.4 Å². The van der Waals surface area contributed by atoms with Gasteiger partial charge in [-0.2, -0.15) is 0 Å². The van der Waals surface area contributed by atoms with Crippen LogP contribution >= 0.6 is 0 Å². The molecule has 0 saturated heterocycles. The van der Waals surface area contributed by atoms with E-state index in [9.17, 15) is 8.42 Å². The first kappa shape index (κ1) is 17.9. The molecular formula is C16H21N3O4S. The Morgan fingerprint density at radius 1 is 1.21 bits per heavy atom. The predicted molar refractivity (Wildman–Crippen MR) is 92.0 cm³/mol. The number of hydrogen-bond donors (Lipinski definition) is 2. The number of hydrogen-bond acceptors (Lipinski definition) is 5. The summed E-state index contributed by atoms with van der Waals surface area (Å²) in [5.41, 5.74) is 0. The van der Waals surface area contributed by atoms with E-state index in [2.05, 4.69) is 15.6 Å². The molecule has 0 fully saturated rings. The lowest BCUT2D eigenvalue weighted by Gasteiger charge is -2.12. The second kappa shape index (κ2) is 8.39. The Morgan fingerprint density at radius 2 is 1.96 bits per heavy atom. The Bertz CT molecular complexity index is 753. The van der Waals surface area contributed by atoms with Crippen molar-refractivity contribution in [2.45, 2.75) is 11.4 Å². The van der Waals surface area contributed by atoms with E-state index in [0.717, 1.165) is 5.76 Å². The van der Waals surface area contributed by atoms with Crippen molar-refractivity contribution >= 4 is 15.8 Å². The van der Waals surface area contributed by atoms with E-state index in [4.69, 9.17) is 9.15 Å². The molecule has 0 spiro atoms. The van der Waals surface area contributed by atoms with Crippen molar-refractivity contribution in [2.75, 3.05) is 26.5 Å². The molecule has 24 heavy (non-hydrogen) atoms. The highest BCUT2D eigenvalue weighted by Gasteiger charge is 2.06. The number of guanidine groups is 1. The Kier molecular flexibility index (Phi) is 6.25. The molecule has 0 aliphatic heterocycles. The molecular weight excluding hydrogens is 330 g/mol. The lowest BCUT2D eigenvalue weighted by atomic mass is 10.3. The predicted octanol–water partition coefficient (Wildman–Crippen LogP) is 1.43. The van der Waals surface area contributed by atoms with Crippen LogP contribution in [0.4, 0.5) is 0 Å². The lowest BCUT2D eigenvalue weighted by Crippen LogP contribution is -2.38. The number of aliphatic imine (C=N–C) groups is 1. The SMILES string of the molecule is CN=C(NCCOc1ccc(S(C)(=O)=O)cc1)NCc1ccco1. The molecule has 0 unspecified atom stereocenters. The van der Waals surface area contributed by atoms with Gasteiger partial charge in [0.05, 0.1) is 24.2 Å². The maximum atomic E-state index is 11.4. The molecule has 130 valence electrons. The molecule has 0 amide bonds. The van der Waals surface area contributed by atoms with Crippen LogP contribution in [-0.2, 0) is 16.4 Å². The standard InChI is InChI=1S/C16H21N3O4S/c1-17-16(19-12-14-4-3-10-22-14)18-9-11-23-13-5-7-15(8-6-13)24(2,20)21/h3-8,10H,9,11-12H2,1-2H3,(H2,17,18,19). The Hall–Kier alpha value is -2.48. The van der Waals surface area contributed by atoms with Gasteiger partial charge in [-0.25, -0.2) is 8.42 Å². The first-order chi connectivity index (χ1) is 11.5. The van der Waals surface area contributed by atoms with Gasteiger partial charge >= 0.3 is 0 Å². The minimum atomic E-state index is -3.18. The van der Waals surface area contributed by atoms with Gasteiger partial charge in [0.1, 0.15) is 18.1 Å². The van der Waals surface area contributed by atoms with Crippen LogP contribution in [0.25, 0.3) is 0 Å². The van der Waals surface area contributed by atoms with E-state index >= 15 is 0 Å². The number of nitrogens with one attached hydrogen (secondary N) is 2. The van der Waals surface area contributed by atoms with E-state index in [0.29, 0.717) is 31.4 Å². The largest absolute Gasteiger partial charge is 0.492 e. The molecule has 0 saturated carbocycles. The van der Waals surface area contributed by atoms with Crippen LogP contribution in [-0.4, -0.2) is 40.8 Å². The van der Waals surface area contributed by atoms with Crippen LogP contribution in [0.15, 0.2) is 57.0 Å². The summed E-state index contributed by atoms with van der Waals surface area (Å²) in [6, 6.07) is 10.0. The molecule has 1 aromatic carbocycles. The maximum Gasteiger partial charge on any atom is 0.191 e. The highest BCUT2D eigenvalue weighted by molar-refractivity contribution is 7.90. The maximum absolute atomic E-state index is 11.4. The van der Waals surface area contributed by atoms with Crippen LogP contribution < -0.4 is 15.4 Å². The van der Waals surface area contributed by atoms with Gasteiger partial charge in [0.25, 0.3) is 0 Å². The molecule has 7 nitrogen and oxygen atoms in total. The zero-order chi connectivity index (χ0) is 17.4. The van der Waals surface area contributed by atoms with Crippen molar-refractivity contribution in [1.82, 2.24) is 10.6 Å². The third-order valence-electron chi connectivity index (χ3n) is 3.15. The summed E-state index contributed by atoms with van der Waals surface area (Å²) in [6.45, 7) is 1.51. The van der Waals surface area contributed by atoms with Gasteiger partial charge in [-0.3, -0.25) is 4.99 Å². The summed E-state index contributed by atoms with van der Waals surface area (Å²) in [6.07, 6.45) is 2.80. The molecule has 2 N–H and O–H groups in total. The summed E-state index contributed by atoms with van der Waals surface area (Å²) in [7, 11) is -1.50. The Morgan fingerprint density at radius 3 is 2.54 bits per heavy atom. The molecule has 2 rings (SSSR count). The van der Waals surface area contributed by atoms with Crippen molar-refractivity contribution < 1.29 is 17.6 Å². The fourth-order valence-corrected chi connectivity index (χ4v) is 2.56. The van der Waals surface area contributed by atoms with Crippen LogP contribution in [0.2, 0.25) is 0 Å². The first-order valence-corrected chi connectivity index (χ1v) is 9.28. The molecule has 0 radical (unpaired) electrons. The highest BCUT2D eigenvalue weighted by atomic mass is 32.2. The lowest BCUT2D eigenvalue weighted by molar-refractivity contribution is 0.321. The first-order valence-electron chi connectivity index (χ1n) is 7.39. The molecule has 8 heteroatoms. The third-order valence-corrected chi connectivity index (χ3v) is 4.28. The summed E-state index contributed by atoms with van der Waals surface area (Å²) in [5.74, 6) is 2.07. The fraction of sp³-hybridized carbons (Fsp3) is 0.312. The minimum Gasteiger partial charge on any atom is -0.492 e. The van der Waals surface area contributed by atoms with Gasteiger partial charge in [-0.05, 0) is 36.4 Å². The molecule has 0 bridgehead atoms. The zero-order valence-corrected chi connectivity index (χ0v) is 14.5. The molecule has 2 aromatic rings. The Balaban J connectivity index is 1.71. The fourth-order valence-electron chi connectivity index (χ4n) is 1.93. The van der Waals surface area contributed by atoms with Crippen LogP contribution in [0.5, 0.6) is 5.75 Å². The summed E-state index contributed by atoms with van der Waals surface area (Å²) in [5, 5.41) is 6.23. The summed E-state index contributed by atoms with van der Waals surface area (Å²) in [4.78, 5) is 4.37. The number of benzene rings is 1. The van der Waals surface area contributed by atoms with Crippen molar-refractivity contribution in [3.63, 3.8) is 0 Å². The topological polar surface area (TPSA) is 92.9 Å². The quantitative estimate of drug-likeness (QED) is 0.445. The van der Waals surface area contributed by atoms with Crippen molar-refractivity contribution in [3.8, 4) is 5.75 Å². The molecule has 0 aliphatic rings. The normalized spacial score (nSPS) is 12.0. The summed E-state index contributed by atoms with van der Waals surface area (Å²) < 4.78 is 33.6. The number of furan rings is 1. The van der Waals surface area contributed by atoms with Gasteiger partial charge in [0.2, 0.25) is 0 Å². The van der Waals surface area contributed by atoms with Gasteiger partial charge in [0.15, 0.2) is 15.8 Å². The van der Waals surface area contributed by atoms with Gasteiger partial charge in [0, 0.05) is 13.3 Å². The zero-order valence-electron chi connectivity index (χ0n) is 13.7. The number of rotatable bonds is 7. The monoisotopic (exact) mass is 351 g/mol. The average Bonchev–Trinajstić information content (AvgIpc) is 3.07.